The third-order valence-corrected chi connectivity index (χ3v) is 4.91. The summed E-state index contributed by atoms with van der Waals surface area (Å²) < 4.78 is 6.06. The van der Waals surface area contributed by atoms with Crippen molar-refractivity contribution in [3.63, 3.8) is 0 Å². The number of amides is 2. The highest BCUT2D eigenvalue weighted by atomic mass is 79.9. The Morgan fingerprint density at radius 3 is 2.47 bits per heavy atom. The van der Waals surface area contributed by atoms with Crippen LogP contribution in [0.4, 0.5) is 0 Å². The van der Waals surface area contributed by atoms with Crippen molar-refractivity contribution < 1.29 is 19.1 Å². The summed E-state index contributed by atoms with van der Waals surface area (Å²) in [7, 11) is 0. The lowest BCUT2D eigenvalue weighted by molar-refractivity contribution is -0.120. The Bertz CT molecular complexity index is 1170. The van der Waals surface area contributed by atoms with Crippen LogP contribution in [0.15, 0.2) is 82.4 Å². The molecule has 32 heavy (non-hydrogen) atoms. The maximum Gasteiger partial charge on any atom is 0.345 e. The van der Waals surface area contributed by atoms with Gasteiger partial charge in [0, 0.05) is 10.0 Å². The second kappa shape index (κ2) is 11.2. The first-order valence-corrected chi connectivity index (χ1v) is 10.5. The molecule has 162 valence electrons. The molecule has 3 aromatic carbocycles. The Morgan fingerprint density at radius 2 is 1.75 bits per heavy atom. The second-order valence-electron chi connectivity index (χ2n) is 6.42. The Morgan fingerprint density at radius 1 is 1.00 bits per heavy atom. The van der Waals surface area contributed by atoms with Crippen molar-refractivity contribution in [1.82, 2.24) is 10.7 Å². The summed E-state index contributed by atoms with van der Waals surface area (Å²) in [6.07, 6.45) is 1.42. The van der Waals surface area contributed by atoms with Gasteiger partial charge in [0.25, 0.3) is 11.8 Å². The number of carbonyl (C=O) groups excluding carboxylic acids is 3. The maximum absolute atomic E-state index is 12.2. The quantitative estimate of drug-likeness (QED) is 0.214. The smallest absolute Gasteiger partial charge is 0.345 e. The molecule has 0 aliphatic rings. The predicted molar refractivity (Wildman–Crippen MR) is 125 cm³/mol. The maximum atomic E-state index is 12.2. The Hall–Kier alpha value is -3.49. The van der Waals surface area contributed by atoms with E-state index in [1.165, 1.54) is 6.21 Å². The normalized spacial score (nSPS) is 10.6. The number of esters is 1. The van der Waals surface area contributed by atoms with E-state index in [9.17, 15) is 14.4 Å². The molecule has 0 radical (unpaired) electrons. The molecular weight excluding hydrogens is 498 g/mol. The van der Waals surface area contributed by atoms with E-state index in [1.54, 1.807) is 72.8 Å². The first-order chi connectivity index (χ1) is 15.4. The lowest BCUT2D eigenvalue weighted by Crippen LogP contribution is -2.34. The zero-order valence-electron chi connectivity index (χ0n) is 16.5. The van der Waals surface area contributed by atoms with Gasteiger partial charge < -0.3 is 10.1 Å². The summed E-state index contributed by atoms with van der Waals surface area (Å²) in [5, 5.41) is 6.67. The highest BCUT2D eigenvalue weighted by Gasteiger charge is 2.12. The molecule has 0 aliphatic heterocycles. The Labute approximate surface area is 197 Å². The van der Waals surface area contributed by atoms with Crippen LogP contribution in [0.2, 0.25) is 5.02 Å². The number of hydrogen-bond donors (Lipinski definition) is 2. The molecule has 0 bridgehead atoms. The van der Waals surface area contributed by atoms with E-state index < -0.39 is 11.9 Å². The van der Waals surface area contributed by atoms with E-state index in [2.05, 4.69) is 31.8 Å². The number of hydrogen-bond acceptors (Lipinski definition) is 5. The number of carbonyl (C=O) groups is 3. The van der Waals surface area contributed by atoms with Gasteiger partial charge in [0.2, 0.25) is 0 Å². The van der Waals surface area contributed by atoms with Crippen LogP contribution in [0, 0.1) is 0 Å². The van der Waals surface area contributed by atoms with Gasteiger partial charge in [-0.05, 0) is 60.2 Å². The average molecular weight is 515 g/mol. The minimum absolute atomic E-state index is 0.223. The van der Waals surface area contributed by atoms with Crippen LogP contribution in [0.25, 0.3) is 0 Å². The minimum Gasteiger partial charge on any atom is -0.423 e. The van der Waals surface area contributed by atoms with Crippen molar-refractivity contribution in [2.45, 2.75) is 0 Å². The summed E-state index contributed by atoms with van der Waals surface area (Å²) in [6, 6.07) is 20.0. The number of ether oxygens (including phenoxy) is 1. The van der Waals surface area contributed by atoms with Crippen LogP contribution >= 0.6 is 27.5 Å². The molecule has 0 aliphatic carbocycles. The summed E-state index contributed by atoms with van der Waals surface area (Å²) in [6.45, 7) is -0.223. The van der Waals surface area contributed by atoms with Crippen molar-refractivity contribution in [3.05, 3.63) is 99.0 Å². The van der Waals surface area contributed by atoms with E-state index in [4.69, 9.17) is 16.3 Å². The fourth-order valence-electron chi connectivity index (χ4n) is 2.52. The van der Waals surface area contributed by atoms with E-state index in [0.717, 1.165) is 4.47 Å². The SMILES string of the molecule is O=C(CNC(=O)c1cccc(Br)c1)N/N=C/c1ccc(OC(=O)c2ccccc2Cl)cc1. The molecule has 2 amide bonds. The molecule has 0 unspecified atom stereocenters. The number of nitrogens with one attached hydrogen (secondary N) is 2. The molecule has 3 rings (SSSR count). The lowest BCUT2D eigenvalue weighted by Gasteiger charge is -2.06. The monoisotopic (exact) mass is 513 g/mol. The zero-order valence-corrected chi connectivity index (χ0v) is 18.9. The Kier molecular flexibility index (Phi) is 8.13. The molecule has 7 nitrogen and oxygen atoms in total. The molecule has 0 heterocycles. The van der Waals surface area contributed by atoms with Gasteiger partial charge in [0.15, 0.2) is 0 Å². The Balaban J connectivity index is 1.46. The number of benzene rings is 3. The molecule has 0 aromatic heterocycles. The minimum atomic E-state index is -0.561. The van der Waals surface area contributed by atoms with E-state index in [-0.39, 0.29) is 18.0 Å². The van der Waals surface area contributed by atoms with Crippen molar-refractivity contribution in [1.29, 1.82) is 0 Å². The van der Waals surface area contributed by atoms with Crippen LogP contribution in [0.5, 0.6) is 5.75 Å². The van der Waals surface area contributed by atoms with Gasteiger partial charge >= 0.3 is 5.97 Å². The van der Waals surface area contributed by atoms with Gasteiger partial charge in [-0.25, -0.2) is 10.2 Å². The molecule has 0 saturated heterocycles. The summed E-state index contributed by atoms with van der Waals surface area (Å²) in [4.78, 5) is 36.0. The van der Waals surface area contributed by atoms with E-state index in [0.29, 0.717) is 21.9 Å². The molecule has 0 spiro atoms. The van der Waals surface area contributed by atoms with Crippen LogP contribution in [0.3, 0.4) is 0 Å². The highest BCUT2D eigenvalue weighted by Crippen LogP contribution is 2.19. The van der Waals surface area contributed by atoms with Crippen LogP contribution in [-0.2, 0) is 4.79 Å². The molecular formula is C23H17BrClN3O4. The van der Waals surface area contributed by atoms with Crippen molar-refractivity contribution in [2.24, 2.45) is 5.10 Å². The van der Waals surface area contributed by atoms with E-state index >= 15 is 0 Å². The topological polar surface area (TPSA) is 96.9 Å². The third kappa shape index (κ3) is 6.76. The summed E-state index contributed by atoms with van der Waals surface area (Å²) >= 11 is 9.28. The molecule has 2 N–H and O–H groups in total. The fraction of sp³-hybridized carbons (Fsp3) is 0.0435. The first-order valence-electron chi connectivity index (χ1n) is 9.35. The van der Waals surface area contributed by atoms with Gasteiger partial charge in [0.05, 0.1) is 23.3 Å². The summed E-state index contributed by atoms with van der Waals surface area (Å²) in [5.74, 6) is -1.07. The average Bonchev–Trinajstić information content (AvgIpc) is 2.79. The van der Waals surface area contributed by atoms with Gasteiger partial charge in [0.1, 0.15) is 5.75 Å². The fourth-order valence-corrected chi connectivity index (χ4v) is 3.13. The molecule has 9 heteroatoms. The van der Waals surface area contributed by atoms with Crippen LogP contribution in [-0.4, -0.2) is 30.5 Å². The van der Waals surface area contributed by atoms with Gasteiger partial charge in [-0.3, -0.25) is 9.59 Å². The molecule has 3 aromatic rings. The van der Waals surface area contributed by atoms with Crippen LogP contribution < -0.4 is 15.5 Å². The number of hydrazone groups is 1. The van der Waals surface area contributed by atoms with Crippen molar-refractivity contribution in [2.75, 3.05) is 6.54 Å². The molecule has 0 fully saturated rings. The number of halogens is 2. The largest absolute Gasteiger partial charge is 0.423 e. The third-order valence-electron chi connectivity index (χ3n) is 4.08. The van der Waals surface area contributed by atoms with Crippen LogP contribution in [0.1, 0.15) is 26.3 Å². The van der Waals surface area contributed by atoms with Gasteiger partial charge in [-0.2, -0.15) is 5.10 Å². The standard InChI is InChI=1S/C23H17BrClN3O4/c24-17-5-3-4-16(12-17)22(30)26-14-21(29)28-27-13-15-8-10-18(11-9-15)32-23(31)19-6-1-2-7-20(19)25/h1-13H,14H2,(H,26,30)(H,28,29)/b27-13+. The summed E-state index contributed by atoms with van der Waals surface area (Å²) in [5.41, 5.74) is 3.71. The molecule has 0 saturated carbocycles. The first kappa shape index (κ1) is 23.2. The second-order valence-corrected chi connectivity index (χ2v) is 7.75. The zero-order chi connectivity index (χ0) is 22.9. The van der Waals surface area contributed by atoms with Gasteiger partial charge in [-0.1, -0.05) is 45.7 Å². The molecule has 0 atom stereocenters. The predicted octanol–water partition coefficient (Wildman–Crippen LogP) is 4.20. The van der Waals surface area contributed by atoms with Gasteiger partial charge in [-0.15, -0.1) is 0 Å². The van der Waals surface area contributed by atoms with Crippen molar-refractivity contribution in [3.8, 4) is 5.75 Å². The van der Waals surface area contributed by atoms with Crippen molar-refractivity contribution >= 4 is 51.5 Å². The lowest BCUT2D eigenvalue weighted by atomic mass is 10.2. The van der Waals surface area contributed by atoms with E-state index in [1.807, 2.05) is 0 Å². The number of nitrogens with zero attached hydrogens (tertiary/aromatic N) is 1. The number of rotatable bonds is 7. The highest BCUT2D eigenvalue weighted by molar-refractivity contribution is 9.10.